The van der Waals surface area contributed by atoms with E-state index in [1.165, 1.54) is 0 Å². The van der Waals surface area contributed by atoms with E-state index in [9.17, 15) is 4.79 Å². The van der Waals surface area contributed by atoms with Crippen LogP contribution in [0.15, 0.2) is 0 Å². The van der Waals surface area contributed by atoms with E-state index in [0.29, 0.717) is 5.92 Å². The molecule has 1 N–H and O–H groups in total. The summed E-state index contributed by atoms with van der Waals surface area (Å²) in [7, 11) is 0. The number of amides is 1. The highest BCUT2D eigenvalue weighted by Crippen LogP contribution is 2.20. The average Bonchev–Trinajstić information content (AvgIpc) is 2.45. The molecule has 0 saturated carbocycles. The van der Waals surface area contributed by atoms with Crippen molar-refractivity contribution in [1.82, 2.24) is 5.32 Å². The smallest absolute Gasteiger partial charge is 0.236 e. The van der Waals surface area contributed by atoms with Crippen molar-refractivity contribution in [1.29, 1.82) is 0 Å². The molecule has 1 fully saturated rings. The zero-order valence-electron chi connectivity index (χ0n) is 8.97. The van der Waals surface area contributed by atoms with Crippen molar-refractivity contribution >= 4 is 21.8 Å². The number of hydrogen-bond donors (Lipinski definition) is 1. The summed E-state index contributed by atoms with van der Waals surface area (Å²) in [5, 5.41) is 2.93. The van der Waals surface area contributed by atoms with Gasteiger partial charge in [0.2, 0.25) is 5.91 Å². The monoisotopic (exact) mass is 263 g/mol. The highest BCUT2D eigenvalue weighted by atomic mass is 79.9. The van der Waals surface area contributed by atoms with Gasteiger partial charge in [-0.2, -0.15) is 0 Å². The van der Waals surface area contributed by atoms with Gasteiger partial charge in [-0.05, 0) is 27.2 Å². The minimum Gasteiger partial charge on any atom is -0.378 e. The van der Waals surface area contributed by atoms with Crippen LogP contribution in [0.2, 0.25) is 0 Å². The number of hydrogen-bond acceptors (Lipinski definition) is 2. The van der Waals surface area contributed by atoms with Crippen molar-refractivity contribution in [3.05, 3.63) is 0 Å². The third kappa shape index (κ3) is 3.24. The molecule has 1 heterocycles. The van der Waals surface area contributed by atoms with E-state index < -0.39 is 4.32 Å². The minimum atomic E-state index is -0.476. The molecule has 0 aromatic rings. The molecule has 2 atom stereocenters. The van der Waals surface area contributed by atoms with E-state index in [2.05, 4.69) is 28.2 Å². The van der Waals surface area contributed by atoms with Crippen molar-refractivity contribution in [2.75, 3.05) is 13.2 Å². The maximum atomic E-state index is 11.5. The van der Waals surface area contributed by atoms with Crippen LogP contribution >= 0.6 is 15.9 Å². The molecule has 0 bridgehead atoms. The van der Waals surface area contributed by atoms with Gasteiger partial charge in [-0.15, -0.1) is 0 Å². The Morgan fingerprint density at radius 1 is 1.64 bits per heavy atom. The Balaban J connectivity index is 2.30. The summed E-state index contributed by atoms with van der Waals surface area (Å²) < 4.78 is 4.94. The molecule has 3 nitrogen and oxygen atoms in total. The van der Waals surface area contributed by atoms with Gasteiger partial charge < -0.3 is 10.1 Å². The van der Waals surface area contributed by atoms with Gasteiger partial charge in [-0.25, -0.2) is 0 Å². The van der Waals surface area contributed by atoms with Crippen LogP contribution in [0.5, 0.6) is 0 Å². The highest BCUT2D eigenvalue weighted by molar-refractivity contribution is 9.10. The van der Waals surface area contributed by atoms with Crippen molar-refractivity contribution in [2.45, 2.75) is 37.6 Å². The Labute approximate surface area is 93.7 Å². The molecule has 0 aromatic carbocycles. The topological polar surface area (TPSA) is 38.3 Å². The largest absolute Gasteiger partial charge is 0.378 e. The molecule has 1 aliphatic rings. The Morgan fingerprint density at radius 3 is 2.71 bits per heavy atom. The standard InChI is InChI=1S/C10H18BrNO2/c1-7-8(4-5-14-7)6-12-9(13)10(2,3)11/h7-8H,4-6H2,1-3H3,(H,12,13). The fourth-order valence-electron chi connectivity index (χ4n) is 1.48. The zero-order chi connectivity index (χ0) is 10.8. The summed E-state index contributed by atoms with van der Waals surface area (Å²) in [6.45, 7) is 7.28. The molecule has 4 heteroatoms. The molecule has 1 saturated heterocycles. The quantitative estimate of drug-likeness (QED) is 0.788. The number of carbonyl (C=O) groups excluding carboxylic acids is 1. The molecule has 82 valence electrons. The van der Waals surface area contributed by atoms with E-state index >= 15 is 0 Å². The minimum absolute atomic E-state index is 0.0385. The maximum absolute atomic E-state index is 11.5. The number of alkyl halides is 1. The molecule has 0 radical (unpaired) electrons. The number of nitrogens with one attached hydrogen (secondary N) is 1. The fraction of sp³-hybridized carbons (Fsp3) is 0.900. The van der Waals surface area contributed by atoms with Crippen LogP contribution in [0.4, 0.5) is 0 Å². The predicted molar refractivity (Wildman–Crippen MR) is 59.5 cm³/mol. The fourth-order valence-corrected chi connectivity index (χ4v) is 1.62. The molecule has 2 unspecified atom stereocenters. The number of carbonyl (C=O) groups is 1. The van der Waals surface area contributed by atoms with Crippen LogP contribution in [-0.2, 0) is 9.53 Å². The van der Waals surface area contributed by atoms with Crippen LogP contribution in [0.1, 0.15) is 27.2 Å². The third-order valence-electron chi connectivity index (χ3n) is 2.60. The molecule has 1 rings (SSSR count). The SMILES string of the molecule is CC1OCCC1CNC(=O)C(C)(C)Br. The zero-order valence-corrected chi connectivity index (χ0v) is 10.6. The lowest BCUT2D eigenvalue weighted by Gasteiger charge is -2.19. The Kier molecular flexibility index (Phi) is 3.95. The summed E-state index contributed by atoms with van der Waals surface area (Å²) in [4.78, 5) is 11.5. The second-order valence-corrected chi connectivity index (χ2v) is 6.29. The number of halogens is 1. The van der Waals surface area contributed by atoms with Gasteiger partial charge in [0, 0.05) is 19.1 Å². The van der Waals surface area contributed by atoms with E-state index in [-0.39, 0.29) is 12.0 Å². The highest BCUT2D eigenvalue weighted by Gasteiger charge is 2.27. The first-order valence-electron chi connectivity index (χ1n) is 5.00. The van der Waals surface area contributed by atoms with Gasteiger partial charge in [0.15, 0.2) is 0 Å². The first-order valence-corrected chi connectivity index (χ1v) is 5.79. The molecule has 0 spiro atoms. The summed E-state index contributed by atoms with van der Waals surface area (Å²) in [6, 6.07) is 0. The number of ether oxygens (including phenoxy) is 1. The summed E-state index contributed by atoms with van der Waals surface area (Å²) in [5.41, 5.74) is 0. The molecule has 14 heavy (non-hydrogen) atoms. The number of rotatable bonds is 3. The second-order valence-electron chi connectivity index (χ2n) is 4.31. The normalized spacial score (nSPS) is 27.7. The molecular weight excluding hydrogens is 246 g/mol. The Hall–Kier alpha value is -0.0900. The summed E-state index contributed by atoms with van der Waals surface area (Å²) in [6.07, 6.45) is 1.32. The Morgan fingerprint density at radius 2 is 2.29 bits per heavy atom. The predicted octanol–water partition coefficient (Wildman–Crippen LogP) is 1.70. The average molecular weight is 264 g/mol. The lowest BCUT2D eigenvalue weighted by molar-refractivity contribution is -0.122. The molecule has 0 aromatic heterocycles. The third-order valence-corrected chi connectivity index (χ3v) is 2.96. The van der Waals surface area contributed by atoms with Crippen LogP contribution in [-0.4, -0.2) is 29.5 Å². The van der Waals surface area contributed by atoms with Gasteiger partial charge >= 0.3 is 0 Å². The van der Waals surface area contributed by atoms with Gasteiger partial charge in [0.1, 0.15) is 0 Å². The molecular formula is C10H18BrNO2. The van der Waals surface area contributed by atoms with Crippen LogP contribution < -0.4 is 5.32 Å². The molecule has 1 amide bonds. The van der Waals surface area contributed by atoms with Crippen molar-refractivity contribution in [3.63, 3.8) is 0 Å². The van der Waals surface area contributed by atoms with Crippen LogP contribution in [0, 0.1) is 5.92 Å². The second kappa shape index (κ2) is 4.62. The van der Waals surface area contributed by atoms with Crippen molar-refractivity contribution in [3.8, 4) is 0 Å². The van der Waals surface area contributed by atoms with Gasteiger partial charge in [0.25, 0.3) is 0 Å². The van der Waals surface area contributed by atoms with E-state index in [1.54, 1.807) is 0 Å². The lowest BCUT2D eigenvalue weighted by Crippen LogP contribution is -2.41. The lowest BCUT2D eigenvalue weighted by atomic mass is 10.0. The van der Waals surface area contributed by atoms with Crippen LogP contribution in [0.3, 0.4) is 0 Å². The first kappa shape index (κ1) is 12.0. The Bertz CT molecular complexity index is 213. The van der Waals surface area contributed by atoms with E-state index in [0.717, 1.165) is 19.6 Å². The van der Waals surface area contributed by atoms with Gasteiger partial charge in [-0.1, -0.05) is 15.9 Å². The maximum Gasteiger partial charge on any atom is 0.236 e. The van der Waals surface area contributed by atoms with Crippen molar-refractivity contribution in [2.24, 2.45) is 5.92 Å². The van der Waals surface area contributed by atoms with Gasteiger partial charge in [-0.3, -0.25) is 4.79 Å². The van der Waals surface area contributed by atoms with E-state index in [4.69, 9.17) is 4.74 Å². The summed E-state index contributed by atoms with van der Waals surface area (Å²) >= 11 is 3.33. The molecule has 1 aliphatic heterocycles. The molecule has 0 aliphatic carbocycles. The van der Waals surface area contributed by atoms with Crippen molar-refractivity contribution < 1.29 is 9.53 Å². The summed E-state index contributed by atoms with van der Waals surface area (Å²) in [5.74, 6) is 0.505. The van der Waals surface area contributed by atoms with Gasteiger partial charge in [0.05, 0.1) is 10.4 Å². The first-order chi connectivity index (χ1) is 6.41. The van der Waals surface area contributed by atoms with E-state index in [1.807, 2.05) is 13.8 Å². The van der Waals surface area contributed by atoms with Crippen LogP contribution in [0.25, 0.3) is 0 Å².